The largest absolute Gasteiger partial charge is 0.416 e. The molecule has 1 unspecified atom stereocenters. The van der Waals surface area contributed by atoms with Gasteiger partial charge in [-0.2, -0.15) is 13.2 Å². The lowest BCUT2D eigenvalue weighted by molar-refractivity contribution is -0.137. The van der Waals surface area contributed by atoms with Crippen LogP contribution in [0.25, 0.3) is 0 Å². The summed E-state index contributed by atoms with van der Waals surface area (Å²) in [6.07, 6.45) is -4.36. The minimum atomic E-state index is -4.36. The number of amides is 1. The number of carbonyl (C=O) groups excluding carboxylic acids is 1. The lowest BCUT2D eigenvalue weighted by Gasteiger charge is -2.24. The number of alkyl halides is 3. The third-order valence-corrected chi connectivity index (χ3v) is 5.94. The summed E-state index contributed by atoms with van der Waals surface area (Å²) in [7, 11) is 0. The Bertz CT molecular complexity index is 714. The van der Waals surface area contributed by atoms with E-state index >= 15 is 0 Å². The van der Waals surface area contributed by atoms with Gasteiger partial charge < -0.3 is 4.90 Å². The number of carbonyl (C=O) groups is 1. The summed E-state index contributed by atoms with van der Waals surface area (Å²) in [4.78, 5) is 14.8. The molecule has 1 atom stereocenters. The van der Waals surface area contributed by atoms with Crippen LogP contribution in [0.3, 0.4) is 0 Å². The smallest absolute Gasteiger partial charge is 0.321 e. The maximum absolute atomic E-state index is 12.6. The van der Waals surface area contributed by atoms with Gasteiger partial charge in [-0.25, -0.2) is 0 Å². The van der Waals surface area contributed by atoms with Gasteiger partial charge in [-0.15, -0.1) is 23.1 Å². The molecule has 0 spiro atoms. The molecule has 3 rings (SSSR count). The summed E-state index contributed by atoms with van der Waals surface area (Å²) in [5.74, 6) is 0.605. The van der Waals surface area contributed by atoms with Crippen LogP contribution in [0, 0.1) is 0 Å². The molecular formula is C15H11ClF3NOS2. The highest BCUT2D eigenvalue weighted by molar-refractivity contribution is 7.99. The molecule has 1 amide bonds. The van der Waals surface area contributed by atoms with Gasteiger partial charge >= 0.3 is 6.18 Å². The van der Waals surface area contributed by atoms with Crippen molar-refractivity contribution in [2.75, 3.05) is 12.3 Å². The van der Waals surface area contributed by atoms with Crippen LogP contribution in [0.4, 0.5) is 13.2 Å². The zero-order chi connectivity index (χ0) is 16.6. The molecule has 1 aromatic carbocycles. The van der Waals surface area contributed by atoms with Gasteiger partial charge in [-0.1, -0.05) is 23.7 Å². The van der Waals surface area contributed by atoms with E-state index in [0.29, 0.717) is 21.3 Å². The summed E-state index contributed by atoms with van der Waals surface area (Å²) in [5.41, 5.74) is 0.00339. The van der Waals surface area contributed by atoms with E-state index in [-0.39, 0.29) is 11.3 Å². The maximum Gasteiger partial charge on any atom is 0.416 e. The number of halogens is 4. The fourth-order valence-electron chi connectivity index (χ4n) is 2.36. The second-order valence-corrected chi connectivity index (χ2v) is 7.85. The van der Waals surface area contributed by atoms with Crippen LogP contribution < -0.4 is 0 Å². The number of thiophene rings is 1. The van der Waals surface area contributed by atoms with Gasteiger partial charge in [-0.05, 0) is 29.8 Å². The van der Waals surface area contributed by atoms with Gasteiger partial charge in [0.2, 0.25) is 0 Å². The van der Waals surface area contributed by atoms with Gasteiger partial charge in [-0.3, -0.25) is 4.79 Å². The number of hydrogen-bond acceptors (Lipinski definition) is 3. The number of benzene rings is 1. The third-order valence-electron chi connectivity index (χ3n) is 3.46. The molecule has 2 heterocycles. The highest BCUT2D eigenvalue weighted by atomic mass is 35.5. The molecule has 0 aliphatic carbocycles. The van der Waals surface area contributed by atoms with E-state index in [1.54, 1.807) is 28.8 Å². The summed E-state index contributed by atoms with van der Waals surface area (Å²) >= 11 is 8.60. The number of thioether (sulfide) groups is 1. The molecular weight excluding hydrogens is 367 g/mol. The van der Waals surface area contributed by atoms with Crippen LogP contribution in [-0.2, 0) is 6.18 Å². The van der Waals surface area contributed by atoms with Gasteiger partial charge in [0.1, 0.15) is 5.37 Å². The third kappa shape index (κ3) is 3.51. The first-order chi connectivity index (χ1) is 10.9. The molecule has 122 valence electrons. The summed E-state index contributed by atoms with van der Waals surface area (Å²) in [5, 5.41) is -0.273. The molecule has 0 radical (unpaired) electrons. The van der Waals surface area contributed by atoms with E-state index in [1.807, 2.05) is 0 Å². The Kier molecular flexibility index (Phi) is 4.62. The summed E-state index contributed by atoms with van der Waals surface area (Å²) < 4.78 is 38.5. The summed E-state index contributed by atoms with van der Waals surface area (Å²) in [6.45, 7) is 0.560. The standard InChI is InChI=1S/C15H11ClF3NOS2/c16-12-6-5-11(23-12)13(21)20-7-8-22-14(20)9-1-3-10(4-2-9)15(17,18)19/h1-6,14H,7-8H2. The van der Waals surface area contributed by atoms with Crippen LogP contribution >= 0.6 is 34.7 Å². The van der Waals surface area contributed by atoms with E-state index in [4.69, 9.17) is 11.6 Å². The highest BCUT2D eigenvalue weighted by Gasteiger charge is 2.34. The van der Waals surface area contributed by atoms with Crippen molar-refractivity contribution < 1.29 is 18.0 Å². The van der Waals surface area contributed by atoms with Crippen molar-refractivity contribution in [2.24, 2.45) is 0 Å². The van der Waals surface area contributed by atoms with Crippen LogP contribution in [0.5, 0.6) is 0 Å². The normalized spacial score (nSPS) is 18.4. The van der Waals surface area contributed by atoms with E-state index in [2.05, 4.69) is 0 Å². The van der Waals surface area contributed by atoms with Crippen LogP contribution in [0.2, 0.25) is 4.34 Å². The van der Waals surface area contributed by atoms with Crippen LogP contribution in [-0.4, -0.2) is 23.1 Å². The SMILES string of the molecule is O=C(c1ccc(Cl)s1)N1CCSC1c1ccc(C(F)(F)F)cc1. The van der Waals surface area contributed by atoms with Crippen molar-refractivity contribution in [1.29, 1.82) is 0 Å². The van der Waals surface area contributed by atoms with Crippen LogP contribution in [0.15, 0.2) is 36.4 Å². The van der Waals surface area contributed by atoms with Crippen molar-refractivity contribution in [3.63, 3.8) is 0 Å². The zero-order valence-electron chi connectivity index (χ0n) is 11.6. The average Bonchev–Trinajstić information content (AvgIpc) is 3.14. The summed E-state index contributed by atoms with van der Waals surface area (Å²) in [6, 6.07) is 8.32. The predicted octanol–water partition coefficient (Wildman–Crippen LogP) is 5.31. The van der Waals surface area contributed by atoms with E-state index in [9.17, 15) is 18.0 Å². The Morgan fingerprint density at radius 1 is 1.17 bits per heavy atom. The van der Waals surface area contributed by atoms with E-state index in [1.165, 1.54) is 23.5 Å². The van der Waals surface area contributed by atoms with Crippen molar-refractivity contribution in [2.45, 2.75) is 11.6 Å². The molecule has 0 N–H and O–H groups in total. The molecule has 1 saturated heterocycles. The monoisotopic (exact) mass is 377 g/mol. The Labute approximate surface area is 144 Å². The Balaban J connectivity index is 1.83. The first-order valence-corrected chi connectivity index (χ1v) is 8.95. The number of nitrogens with zero attached hydrogens (tertiary/aromatic N) is 1. The first-order valence-electron chi connectivity index (χ1n) is 6.71. The lowest BCUT2D eigenvalue weighted by atomic mass is 10.1. The molecule has 1 aliphatic heterocycles. The van der Waals surface area contributed by atoms with Gasteiger partial charge in [0.25, 0.3) is 5.91 Å². The van der Waals surface area contributed by atoms with Crippen molar-refractivity contribution in [1.82, 2.24) is 4.90 Å². The lowest BCUT2D eigenvalue weighted by Crippen LogP contribution is -2.29. The van der Waals surface area contributed by atoms with E-state index < -0.39 is 11.7 Å². The maximum atomic E-state index is 12.6. The Morgan fingerprint density at radius 3 is 2.43 bits per heavy atom. The minimum absolute atomic E-state index is 0.142. The average molecular weight is 378 g/mol. The number of rotatable bonds is 2. The van der Waals surface area contributed by atoms with Gasteiger partial charge in [0.05, 0.1) is 14.8 Å². The zero-order valence-corrected chi connectivity index (χ0v) is 14.0. The number of hydrogen-bond donors (Lipinski definition) is 0. The molecule has 1 aliphatic rings. The van der Waals surface area contributed by atoms with Crippen molar-refractivity contribution in [3.05, 3.63) is 56.7 Å². The molecule has 1 fully saturated rings. The Hall–Kier alpha value is -1.18. The fraction of sp³-hybridized carbons (Fsp3) is 0.267. The Morgan fingerprint density at radius 2 is 1.87 bits per heavy atom. The first kappa shape index (κ1) is 16.7. The van der Waals surface area contributed by atoms with Crippen molar-refractivity contribution in [3.8, 4) is 0 Å². The molecule has 2 aromatic rings. The molecule has 23 heavy (non-hydrogen) atoms. The van der Waals surface area contributed by atoms with Crippen molar-refractivity contribution >= 4 is 40.6 Å². The second-order valence-electron chi connectivity index (χ2n) is 4.95. The van der Waals surface area contributed by atoms with E-state index in [0.717, 1.165) is 17.9 Å². The minimum Gasteiger partial charge on any atom is -0.321 e. The van der Waals surface area contributed by atoms with Crippen LogP contribution in [0.1, 0.15) is 26.2 Å². The second kappa shape index (κ2) is 6.37. The van der Waals surface area contributed by atoms with Gasteiger partial charge in [0.15, 0.2) is 0 Å². The highest BCUT2D eigenvalue weighted by Crippen LogP contribution is 2.40. The predicted molar refractivity (Wildman–Crippen MR) is 87.0 cm³/mol. The molecule has 0 saturated carbocycles. The molecule has 2 nitrogen and oxygen atoms in total. The molecule has 0 bridgehead atoms. The fourth-order valence-corrected chi connectivity index (χ4v) is 4.62. The topological polar surface area (TPSA) is 20.3 Å². The quantitative estimate of drug-likeness (QED) is 0.707. The molecule has 8 heteroatoms. The van der Waals surface area contributed by atoms with Gasteiger partial charge in [0, 0.05) is 12.3 Å². The molecule has 1 aromatic heterocycles.